The number of aromatic nitrogens is 2. The zero-order chi connectivity index (χ0) is 19.6. The molecule has 3 rings (SSSR count). The topological polar surface area (TPSA) is 90.4 Å². The van der Waals surface area contributed by atoms with E-state index in [1.54, 1.807) is 23.6 Å². The van der Waals surface area contributed by atoms with Crippen molar-refractivity contribution in [1.82, 2.24) is 15.3 Å². The van der Waals surface area contributed by atoms with E-state index in [0.717, 1.165) is 5.01 Å². The summed E-state index contributed by atoms with van der Waals surface area (Å²) in [6.45, 7) is 2.03. The molecular formula is C18H16ClN3O4S. The fourth-order valence-electron chi connectivity index (χ4n) is 2.58. The second-order valence-corrected chi connectivity index (χ2v) is 7.11. The number of esters is 1. The highest BCUT2D eigenvalue weighted by molar-refractivity contribution is 7.09. The van der Waals surface area contributed by atoms with E-state index in [1.165, 1.54) is 25.6 Å². The number of ether oxygens (including phenoxy) is 2. The van der Waals surface area contributed by atoms with Crippen molar-refractivity contribution >= 4 is 45.7 Å². The number of carbonyl (C=O) groups excluding carboxylic acids is 2. The van der Waals surface area contributed by atoms with Gasteiger partial charge in [0.15, 0.2) is 0 Å². The Morgan fingerprint density at radius 1 is 1.22 bits per heavy atom. The molecule has 1 N–H and O–H groups in total. The van der Waals surface area contributed by atoms with E-state index in [0.29, 0.717) is 27.2 Å². The lowest BCUT2D eigenvalue weighted by molar-refractivity contribution is 0.0596. The van der Waals surface area contributed by atoms with Gasteiger partial charge in [0.05, 0.1) is 24.7 Å². The quantitative estimate of drug-likeness (QED) is 0.654. The van der Waals surface area contributed by atoms with E-state index < -0.39 is 5.97 Å². The predicted molar refractivity (Wildman–Crippen MR) is 103 cm³/mol. The Labute approximate surface area is 164 Å². The Bertz CT molecular complexity index is 1030. The molecule has 0 aliphatic carbocycles. The summed E-state index contributed by atoms with van der Waals surface area (Å²) in [7, 11) is 2.70. The summed E-state index contributed by atoms with van der Waals surface area (Å²) in [6, 6.07) is 5.00. The summed E-state index contributed by atoms with van der Waals surface area (Å²) >= 11 is 7.61. The molecule has 3 aromatic rings. The molecule has 1 amide bonds. The van der Waals surface area contributed by atoms with Crippen LogP contribution >= 0.6 is 22.9 Å². The summed E-state index contributed by atoms with van der Waals surface area (Å²) in [5.74, 6) is -0.708. The average molecular weight is 406 g/mol. The van der Waals surface area contributed by atoms with E-state index in [-0.39, 0.29) is 23.9 Å². The molecule has 0 fully saturated rings. The molecule has 2 heterocycles. The highest BCUT2D eigenvalue weighted by Gasteiger charge is 2.18. The average Bonchev–Trinajstić information content (AvgIpc) is 3.10. The molecular weight excluding hydrogens is 390 g/mol. The first-order valence-electron chi connectivity index (χ1n) is 7.88. The smallest absolute Gasteiger partial charge is 0.343 e. The van der Waals surface area contributed by atoms with Crippen molar-refractivity contribution in [2.45, 2.75) is 13.5 Å². The third-order valence-corrected chi connectivity index (χ3v) is 4.81. The molecule has 27 heavy (non-hydrogen) atoms. The minimum atomic E-state index is -0.560. The van der Waals surface area contributed by atoms with Gasteiger partial charge >= 0.3 is 5.97 Å². The molecule has 0 saturated heterocycles. The Balaban J connectivity index is 1.97. The van der Waals surface area contributed by atoms with Crippen molar-refractivity contribution < 1.29 is 19.1 Å². The van der Waals surface area contributed by atoms with Crippen LogP contribution in [-0.2, 0) is 11.3 Å². The van der Waals surface area contributed by atoms with Crippen LogP contribution in [0.15, 0.2) is 23.6 Å². The number of fused-ring (bicyclic) bond motifs is 1. The van der Waals surface area contributed by atoms with Crippen LogP contribution in [0.3, 0.4) is 0 Å². The zero-order valence-corrected chi connectivity index (χ0v) is 16.4. The molecule has 2 aromatic heterocycles. The molecule has 0 radical (unpaired) electrons. The van der Waals surface area contributed by atoms with Gasteiger partial charge in [-0.05, 0) is 30.7 Å². The molecule has 0 atom stereocenters. The minimum Gasteiger partial charge on any atom is -0.480 e. The maximum Gasteiger partial charge on any atom is 0.343 e. The van der Waals surface area contributed by atoms with Crippen LogP contribution in [-0.4, -0.2) is 36.1 Å². The van der Waals surface area contributed by atoms with Crippen molar-refractivity contribution in [3.63, 3.8) is 0 Å². The first-order valence-corrected chi connectivity index (χ1v) is 9.14. The van der Waals surface area contributed by atoms with Gasteiger partial charge in [-0.1, -0.05) is 11.6 Å². The summed E-state index contributed by atoms with van der Waals surface area (Å²) < 4.78 is 9.98. The SMILES string of the molecule is COC(=O)c1cc2cc(Cl)cc(CNC(=O)c3csc(C)n3)c2nc1OC. The van der Waals surface area contributed by atoms with Gasteiger partial charge in [0.2, 0.25) is 5.88 Å². The molecule has 140 valence electrons. The van der Waals surface area contributed by atoms with E-state index in [2.05, 4.69) is 15.3 Å². The van der Waals surface area contributed by atoms with Crippen LogP contribution in [0.4, 0.5) is 0 Å². The lowest BCUT2D eigenvalue weighted by Gasteiger charge is -2.12. The highest BCUT2D eigenvalue weighted by atomic mass is 35.5. The molecule has 0 aliphatic rings. The molecule has 0 aliphatic heterocycles. The van der Waals surface area contributed by atoms with Gasteiger partial charge in [0.1, 0.15) is 11.3 Å². The Morgan fingerprint density at radius 2 is 2.00 bits per heavy atom. The number of rotatable bonds is 5. The van der Waals surface area contributed by atoms with E-state index in [1.807, 2.05) is 6.92 Å². The van der Waals surface area contributed by atoms with E-state index in [9.17, 15) is 9.59 Å². The summed E-state index contributed by atoms with van der Waals surface area (Å²) in [5.41, 5.74) is 1.82. The molecule has 0 bridgehead atoms. The van der Waals surface area contributed by atoms with Gasteiger partial charge in [-0.25, -0.2) is 14.8 Å². The number of methoxy groups -OCH3 is 2. The van der Waals surface area contributed by atoms with Crippen molar-refractivity contribution in [2.75, 3.05) is 14.2 Å². The van der Waals surface area contributed by atoms with Gasteiger partial charge in [-0.2, -0.15) is 0 Å². The molecule has 0 unspecified atom stereocenters. The number of hydrogen-bond acceptors (Lipinski definition) is 7. The van der Waals surface area contributed by atoms with Crippen LogP contribution in [0.1, 0.15) is 31.4 Å². The summed E-state index contributed by atoms with van der Waals surface area (Å²) in [4.78, 5) is 32.8. The number of amides is 1. The first-order chi connectivity index (χ1) is 12.9. The van der Waals surface area contributed by atoms with Gasteiger partial charge < -0.3 is 14.8 Å². The molecule has 0 spiro atoms. The molecule has 9 heteroatoms. The third kappa shape index (κ3) is 4.01. The fourth-order valence-corrected chi connectivity index (χ4v) is 3.43. The van der Waals surface area contributed by atoms with Crippen molar-refractivity contribution in [3.8, 4) is 5.88 Å². The fraction of sp³-hybridized carbons (Fsp3) is 0.222. The molecule has 0 saturated carbocycles. The van der Waals surface area contributed by atoms with E-state index in [4.69, 9.17) is 21.1 Å². The summed E-state index contributed by atoms with van der Waals surface area (Å²) in [6.07, 6.45) is 0. The number of thiazole rings is 1. The lowest BCUT2D eigenvalue weighted by Crippen LogP contribution is -2.23. The normalized spacial score (nSPS) is 10.7. The number of nitrogens with zero attached hydrogens (tertiary/aromatic N) is 2. The van der Waals surface area contributed by atoms with Gasteiger partial charge in [0.25, 0.3) is 5.91 Å². The predicted octanol–water partition coefficient (Wildman–Crippen LogP) is 3.38. The maximum atomic E-state index is 12.3. The first kappa shape index (κ1) is 19.1. The number of pyridine rings is 1. The number of nitrogens with one attached hydrogen (secondary N) is 1. The number of halogens is 1. The maximum absolute atomic E-state index is 12.3. The number of aryl methyl sites for hydroxylation is 1. The van der Waals surface area contributed by atoms with Crippen LogP contribution in [0.5, 0.6) is 5.88 Å². The third-order valence-electron chi connectivity index (χ3n) is 3.82. The van der Waals surface area contributed by atoms with Gasteiger partial charge in [-0.3, -0.25) is 4.79 Å². The van der Waals surface area contributed by atoms with Crippen LogP contribution in [0.2, 0.25) is 5.02 Å². The van der Waals surface area contributed by atoms with Crippen LogP contribution in [0, 0.1) is 6.92 Å². The standard InChI is InChI=1S/C18H16ClN3O4S/c1-9-21-14(8-27-9)16(23)20-7-11-5-12(19)4-10-6-13(18(24)26-3)17(25-2)22-15(10)11/h4-6,8H,7H2,1-3H3,(H,20,23). The minimum absolute atomic E-state index is 0.138. The van der Waals surface area contributed by atoms with E-state index >= 15 is 0 Å². The Hall–Kier alpha value is -2.71. The largest absolute Gasteiger partial charge is 0.480 e. The monoisotopic (exact) mass is 405 g/mol. The second-order valence-electron chi connectivity index (χ2n) is 5.61. The van der Waals surface area contributed by atoms with Crippen molar-refractivity contribution in [2.24, 2.45) is 0 Å². The zero-order valence-electron chi connectivity index (χ0n) is 14.8. The summed E-state index contributed by atoms with van der Waals surface area (Å²) in [5, 5.41) is 6.42. The van der Waals surface area contributed by atoms with Crippen LogP contribution in [0.25, 0.3) is 10.9 Å². The van der Waals surface area contributed by atoms with Gasteiger partial charge in [-0.15, -0.1) is 11.3 Å². The lowest BCUT2D eigenvalue weighted by atomic mass is 10.1. The number of benzene rings is 1. The Kier molecular flexibility index (Phi) is 5.57. The van der Waals surface area contributed by atoms with Gasteiger partial charge in [0, 0.05) is 22.3 Å². The molecule has 7 nitrogen and oxygen atoms in total. The number of carbonyl (C=O) groups is 2. The van der Waals surface area contributed by atoms with Crippen molar-refractivity contribution in [3.05, 3.63) is 50.4 Å². The van der Waals surface area contributed by atoms with Crippen LogP contribution < -0.4 is 10.1 Å². The van der Waals surface area contributed by atoms with Crippen molar-refractivity contribution in [1.29, 1.82) is 0 Å². The highest BCUT2D eigenvalue weighted by Crippen LogP contribution is 2.28. The Morgan fingerprint density at radius 3 is 2.63 bits per heavy atom. The number of hydrogen-bond donors (Lipinski definition) is 1. The second kappa shape index (κ2) is 7.89. The molecule has 1 aromatic carbocycles.